The first kappa shape index (κ1) is 18.9. The van der Waals surface area contributed by atoms with Crippen molar-refractivity contribution in [1.29, 1.82) is 0 Å². The van der Waals surface area contributed by atoms with Crippen molar-refractivity contribution in [3.05, 3.63) is 72.1 Å². The van der Waals surface area contributed by atoms with E-state index in [4.69, 9.17) is 10.2 Å². The van der Waals surface area contributed by atoms with E-state index in [2.05, 4.69) is 9.97 Å². The summed E-state index contributed by atoms with van der Waals surface area (Å²) in [5, 5.41) is 17.3. The van der Waals surface area contributed by atoms with E-state index >= 15 is 0 Å². The van der Waals surface area contributed by atoms with Gasteiger partial charge in [0, 0.05) is 56.0 Å². The van der Waals surface area contributed by atoms with Gasteiger partial charge in [0.05, 0.1) is 0 Å². The third-order valence-corrected chi connectivity index (χ3v) is 3.72. The number of benzene rings is 2. The fraction of sp³-hybridized carbons (Fsp3) is 0.100. The molecule has 0 atom stereocenters. The van der Waals surface area contributed by atoms with E-state index in [-0.39, 0.29) is 21.7 Å². The van der Waals surface area contributed by atoms with Crippen LogP contribution in [0, 0.1) is 13.8 Å². The van der Waals surface area contributed by atoms with Crippen LogP contribution >= 0.6 is 0 Å². The Kier molecular flexibility index (Phi) is 6.13. The van der Waals surface area contributed by atoms with Crippen LogP contribution in [-0.2, 0) is 21.7 Å². The Labute approximate surface area is 161 Å². The zero-order chi connectivity index (χ0) is 17.1. The van der Waals surface area contributed by atoms with Crippen molar-refractivity contribution in [2.24, 2.45) is 0 Å². The molecule has 4 aromatic rings. The van der Waals surface area contributed by atoms with Gasteiger partial charge in [-0.3, -0.25) is 0 Å². The largest absolute Gasteiger partial charge is 0.592 e. The summed E-state index contributed by atoms with van der Waals surface area (Å²) in [5.74, 6) is 0.993. The van der Waals surface area contributed by atoms with Gasteiger partial charge in [-0.25, -0.2) is 9.97 Å². The molecule has 0 aliphatic carbocycles. The Balaban J connectivity index is 0.000000173. The maximum Gasteiger partial charge on any atom is 0.280 e. The molecule has 0 aliphatic heterocycles. The Morgan fingerprint density at radius 1 is 0.600 bits per heavy atom. The van der Waals surface area contributed by atoms with Gasteiger partial charge in [0.15, 0.2) is 11.0 Å². The molecular formula is C20H20N2O2Ti+2. The molecule has 2 aromatic heterocycles. The summed E-state index contributed by atoms with van der Waals surface area (Å²) in [7, 11) is 0. The summed E-state index contributed by atoms with van der Waals surface area (Å²) < 4.78 is 0. The average Bonchev–Trinajstić information content (AvgIpc) is 2.57. The molecular weight excluding hydrogens is 348 g/mol. The molecule has 2 aromatic carbocycles. The third-order valence-electron chi connectivity index (χ3n) is 3.72. The maximum absolute atomic E-state index is 7.60. The van der Waals surface area contributed by atoms with Crippen LogP contribution in [0.2, 0.25) is 0 Å². The third kappa shape index (κ3) is 4.35. The molecule has 4 rings (SSSR count). The molecule has 0 aliphatic rings. The van der Waals surface area contributed by atoms with Crippen molar-refractivity contribution in [3.8, 4) is 11.5 Å². The summed E-state index contributed by atoms with van der Waals surface area (Å²) in [5.41, 5.74) is 3.50. The average molecular weight is 368 g/mol. The van der Waals surface area contributed by atoms with E-state index in [0.717, 1.165) is 33.2 Å². The second kappa shape index (κ2) is 8.10. The van der Waals surface area contributed by atoms with E-state index in [9.17, 15) is 0 Å². The van der Waals surface area contributed by atoms with Gasteiger partial charge in [0.1, 0.15) is 0 Å². The van der Waals surface area contributed by atoms with Crippen LogP contribution in [0.5, 0.6) is 11.5 Å². The monoisotopic (exact) mass is 368 g/mol. The van der Waals surface area contributed by atoms with Crippen LogP contribution in [0.1, 0.15) is 11.4 Å². The minimum Gasteiger partial charge on any atom is -0.592 e. The van der Waals surface area contributed by atoms with E-state index in [1.54, 1.807) is 12.1 Å². The van der Waals surface area contributed by atoms with Crippen LogP contribution in [-0.4, -0.2) is 20.2 Å². The zero-order valence-corrected chi connectivity index (χ0v) is 15.7. The number of para-hydroxylation sites is 2. The van der Waals surface area contributed by atoms with Crippen molar-refractivity contribution >= 4 is 21.8 Å². The van der Waals surface area contributed by atoms with Crippen molar-refractivity contribution in [1.82, 2.24) is 9.97 Å². The molecule has 25 heavy (non-hydrogen) atoms. The summed E-state index contributed by atoms with van der Waals surface area (Å²) in [6.07, 6.45) is 0. The Hall–Kier alpha value is -2.43. The van der Waals surface area contributed by atoms with E-state index in [1.165, 1.54) is 0 Å². The van der Waals surface area contributed by atoms with E-state index < -0.39 is 0 Å². The Bertz CT molecular complexity index is 936. The molecule has 4 N–H and O–H groups in total. The first-order chi connectivity index (χ1) is 11.5. The first-order valence-corrected chi connectivity index (χ1v) is 7.70. The second-order valence-electron chi connectivity index (χ2n) is 5.66. The number of hydrogen-bond donors (Lipinski definition) is 0. The second-order valence-corrected chi connectivity index (χ2v) is 5.66. The fourth-order valence-corrected chi connectivity index (χ4v) is 2.49. The first-order valence-electron chi connectivity index (χ1n) is 7.70. The number of aryl methyl sites for hydroxylation is 2. The van der Waals surface area contributed by atoms with Gasteiger partial charge in [-0.1, -0.05) is 36.4 Å². The molecule has 0 fully saturated rings. The van der Waals surface area contributed by atoms with Gasteiger partial charge in [-0.2, -0.15) is 0 Å². The van der Waals surface area contributed by atoms with Crippen molar-refractivity contribution in [3.63, 3.8) is 0 Å². The molecule has 2 heterocycles. The number of aromatic nitrogens is 2. The van der Waals surface area contributed by atoms with Gasteiger partial charge in [-0.05, 0) is 26.0 Å². The van der Waals surface area contributed by atoms with E-state index in [1.807, 2.05) is 62.4 Å². The van der Waals surface area contributed by atoms with Gasteiger partial charge in [0.2, 0.25) is 0 Å². The Morgan fingerprint density at radius 3 is 1.40 bits per heavy atom. The zero-order valence-electron chi connectivity index (χ0n) is 14.2. The molecule has 0 bridgehead atoms. The number of pyridine rings is 2. The summed E-state index contributed by atoms with van der Waals surface area (Å²) in [6, 6.07) is 19.1. The minimum atomic E-state index is 0. The standard InChI is InChI=1S/2C10H9NO.Ti/c2*1-7-5-6-8-3-2-4-9(12)10(8)11-7;/h2*2-6,12H,1H3;/p+2. The molecule has 5 heteroatoms. The topological polar surface area (TPSA) is 71.6 Å². The molecule has 0 saturated heterocycles. The predicted octanol–water partition coefficient (Wildman–Crippen LogP) is 3.96. The predicted molar refractivity (Wildman–Crippen MR) is 99.1 cm³/mol. The van der Waals surface area contributed by atoms with Gasteiger partial charge >= 0.3 is 0 Å². The molecule has 4 nitrogen and oxygen atoms in total. The molecule has 0 saturated carbocycles. The number of nitrogens with zero attached hydrogens (tertiary/aromatic N) is 2. The van der Waals surface area contributed by atoms with Crippen molar-refractivity contribution in [2.45, 2.75) is 13.8 Å². The van der Waals surface area contributed by atoms with Crippen molar-refractivity contribution in [2.75, 3.05) is 0 Å². The van der Waals surface area contributed by atoms with Gasteiger partial charge in [0.25, 0.3) is 11.5 Å². The van der Waals surface area contributed by atoms with Crippen LogP contribution in [0.25, 0.3) is 21.8 Å². The molecule has 0 spiro atoms. The molecule has 0 unspecified atom stereocenters. The number of rotatable bonds is 0. The van der Waals surface area contributed by atoms with Gasteiger partial charge in [-0.15, -0.1) is 0 Å². The number of fused-ring (bicyclic) bond motifs is 2. The Morgan fingerprint density at radius 2 is 1.00 bits per heavy atom. The van der Waals surface area contributed by atoms with Crippen LogP contribution < -0.4 is 0 Å². The quantitative estimate of drug-likeness (QED) is 0.348. The minimum absolute atomic E-state index is 0. The van der Waals surface area contributed by atoms with Crippen LogP contribution in [0.3, 0.4) is 0 Å². The van der Waals surface area contributed by atoms with Crippen molar-refractivity contribution < 1.29 is 31.9 Å². The number of hydrogen-bond acceptors (Lipinski definition) is 2. The normalized spacial score (nSPS) is 10.0. The van der Waals surface area contributed by atoms with E-state index in [0.29, 0.717) is 11.5 Å². The van der Waals surface area contributed by atoms with Gasteiger partial charge < -0.3 is 10.2 Å². The molecule has 0 radical (unpaired) electrons. The summed E-state index contributed by atoms with van der Waals surface area (Å²) >= 11 is 0. The van der Waals surface area contributed by atoms with Crippen LogP contribution in [0.4, 0.5) is 0 Å². The smallest absolute Gasteiger partial charge is 0.280 e. The summed E-state index contributed by atoms with van der Waals surface area (Å²) in [4.78, 5) is 8.58. The SMILES string of the molecule is Cc1ccc2cccc([OH2+])c2n1.Cc1ccc2cccc([OH2+])c2n1.[Ti]. The van der Waals surface area contributed by atoms with Crippen LogP contribution in [0.15, 0.2) is 60.7 Å². The maximum atomic E-state index is 7.60. The molecule has 124 valence electrons. The fourth-order valence-electron chi connectivity index (χ4n) is 2.49. The molecule has 0 amide bonds. The summed E-state index contributed by atoms with van der Waals surface area (Å²) in [6.45, 7) is 3.87.